The highest BCUT2D eigenvalue weighted by Gasteiger charge is 2.17. The molecule has 0 amide bonds. The van der Waals surface area contributed by atoms with Gasteiger partial charge in [0.25, 0.3) is 0 Å². The van der Waals surface area contributed by atoms with Crippen LogP contribution in [0.4, 0.5) is 0 Å². The van der Waals surface area contributed by atoms with Gasteiger partial charge in [0.15, 0.2) is 0 Å². The van der Waals surface area contributed by atoms with Crippen LogP contribution in [0, 0.1) is 22.7 Å². The number of nitriles is 1. The van der Waals surface area contributed by atoms with Gasteiger partial charge < -0.3 is 0 Å². The molecular weight excluding hydrogens is 278 g/mol. The standard InChI is InChI=1S/C22H39N/c1-7-10-12-20(9-3)13-11-14-21(18-23)15-16-22(5,6)17-19(4)8-2/h8,15,20H,7,9-14,16-17H2,1-6H3/b19-8-,21-15-. The Bertz CT molecular complexity index is 406. The Morgan fingerprint density at radius 1 is 1.17 bits per heavy atom. The van der Waals surface area contributed by atoms with E-state index in [1.54, 1.807) is 0 Å². The molecular formula is C22H39N. The van der Waals surface area contributed by atoms with Gasteiger partial charge in [-0.1, -0.05) is 77.5 Å². The van der Waals surface area contributed by atoms with E-state index in [1.807, 2.05) is 0 Å². The summed E-state index contributed by atoms with van der Waals surface area (Å²) in [5, 5.41) is 9.39. The third-order valence-electron chi connectivity index (χ3n) is 4.90. The first kappa shape index (κ1) is 22.0. The lowest BCUT2D eigenvalue weighted by molar-refractivity contribution is 0.366. The smallest absolute Gasteiger partial charge is 0.0943 e. The van der Waals surface area contributed by atoms with Crippen LogP contribution in [0.1, 0.15) is 99.3 Å². The van der Waals surface area contributed by atoms with Crippen LogP contribution >= 0.6 is 0 Å². The molecule has 1 atom stereocenters. The second-order valence-corrected chi connectivity index (χ2v) is 7.83. The van der Waals surface area contributed by atoms with Crippen LogP contribution in [0.2, 0.25) is 0 Å². The Morgan fingerprint density at radius 3 is 2.35 bits per heavy atom. The fourth-order valence-corrected chi connectivity index (χ4v) is 3.16. The van der Waals surface area contributed by atoms with Gasteiger partial charge in [0.2, 0.25) is 0 Å². The lowest BCUT2D eigenvalue weighted by Gasteiger charge is -2.23. The van der Waals surface area contributed by atoms with Crippen molar-refractivity contribution in [2.75, 3.05) is 0 Å². The van der Waals surface area contributed by atoms with Gasteiger partial charge in [-0.2, -0.15) is 5.26 Å². The highest BCUT2D eigenvalue weighted by Crippen LogP contribution is 2.30. The number of hydrogen-bond acceptors (Lipinski definition) is 1. The van der Waals surface area contributed by atoms with Gasteiger partial charge in [0, 0.05) is 5.57 Å². The molecule has 0 heterocycles. The third kappa shape index (κ3) is 11.2. The van der Waals surface area contributed by atoms with E-state index < -0.39 is 0 Å². The summed E-state index contributed by atoms with van der Waals surface area (Å²) in [6.45, 7) is 13.4. The van der Waals surface area contributed by atoms with E-state index in [0.717, 1.165) is 37.2 Å². The maximum absolute atomic E-state index is 9.39. The predicted molar refractivity (Wildman–Crippen MR) is 103 cm³/mol. The summed E-state index contributed by atoms with van der Waals surface area (Å²) in [5.41, 5.74) is 2.66. The molecule has 0 bridgehead atoms. The lowest BCUT2D eigenvalue weighted by Crippen LogP contribution is -2.10. The number of allylic oxidation sites excluding steroid dienone is 4. The van der Waals surface area contributed by atoms with Crippen molar-refractivity contribution in [2.45, 2.75) is 99.3 Å². The molecule has 0 aromatic carbocycles. The molecule has 0 N–H and O–H groups in total. The van der Waals surface area contributed by atoms with E-state index in [2.05, 4.69) is 59.8 Å². The van der Waals surface area contributed by atoms with Crippen molar-refractivity contribution in [3.8, 4) is 6.07 Å². The highest BCUT2D eigenvalue weighted by molar-refractivity contribution is 5.21. The first-order valence-corrected chi connectivity index (χ1v) is 9.59. The number of hydrogen-bond donors (Lipinski definition) is 0. The number of rotatable bonds is 12. The van der Waals surface area contributed by atoms with Crippen LogP contribution in [0.5, 0.6) is 0 Å². The molecule has 0 aromatic heterocycles. The molecule has 0 aliphatic heterocycles. The quantitative estimate of drug-likeness (QED) is 0.268. The molecule has 0 aliphatic carbocycles. The van der Waals surface area contributed by atoms with Crippen molar-refractivity contribution in [1.82, 2.24) is 0 Å². The molecule has 0 rings (SSSR count). The van der Waals surface area contributed by atoms with Crippen molar-refractivity contribution in [3.05, 3.63) is 23.3 Å². The molecule has 0 fully saturated rings. The normalized spacial score (nSPS) is 14.7. The molecule has 0 spiro atoms. The summed E-state index contributed by atoms with van der Waals surface area (Å²) in [6, 6.07) is 2.42. The van der Waals surface area contributed by atoms with Gasteiger partial charge in [-0.25, -0.2) is 0 Å². The number of nitrogens with zero attached hydrogens (tertiary/aromatic N) is 1. The van der Waals surface area contributed by atoms with Crippen LogP contribution < -0.4 is 0 Å². The fourth-order valence-electron chi connectivity index (χ4n) is 3.16. The summed E-state index contributed by atoms with van der Waals surface area (Å²) in [6.07, 6.45) is 15.1. The lowest BCUT2D eigenvalue weighted by atomic mass is 9.82. The van der Waals surface area contributed by atoms with Gasteiger partial charge in [0.05, 0.1) is 6.07 Å². The molecule has 1 nitrogen and oxygen atoms in total. The molecule has 0 saturated carbocycles. The summed E-state index contributed by atoms with van der Waals surface area (Å²) in [4.78, 5) is 0. The van der Waals surface area contributed by atoms with Crippen molar-refractivity contribution in [1.29, 1.82) is 5.26 Å². The Labute approximate surface area is 145 Å². The first-order valence-electron chi connectivity index (χ1n) is 9.59. The predicted octanol–water partition coefficient (Wildman–Crippen LogP) is 7.60. The average Bonchev–Trinajstić information content (AvgIpc) is 2.52. The average molecular weight is 318 g/mol. The molecule has 0 aliphatic rings. The van der Waals surface area contributed by atoms with E-state index in [4.69, 9.17) is 0 Å². The van der Waals surface area contributed by atoms with Gasteiger partial charge in [-0.15, -0.1) is 0 Å². The molecule has 132 valence electrons. The van der Waals surface area contributed by atoms with Crippen molar-refractivity contribution < 1.29 is 0 Å². The van der Waals surface area contributed by atoms with Crippen LogP contribution in [-0.2, 0) is 0 Å². The maximum atomic E-state index is 9.39. The van der Waals surface area contributed by atoms with E-state index in [0.29, 0.717) is 0 Å². The van der Waals surface area contributed by atoms with E-state index >= 15 is 0 Å². The van der Waals surface area contributed by atoms with Crippen LogP contribution in [0.15, 0.2) is 23.3 Å². The van der Waals surface area contributed by atoms with Crippen molar-refractivity contribution in [2.24, 2.45) is 11.3 Å². The minimum absolute atomic E-state index is 0.242. The molecule has 1 unspecified atom stereocenters. The van der Waals surface area contributed by atoms with Crippen molar-refractivity contribution in [3.63, 3.8) is 0 Å². The molecule has 1 heteroatoms. The van der Waals surface area contributed by atoms with Gasteiger partial charge in [-0.3, -0.25) is 0 Å². The monoisotopic (exact) mass is 317 g/mol. The Kier molecular flexibility index (Phi) is 11.8. The van der Waals surface area contributed by atoms with Crippen molar-refractivity contribution >= 4 is 0 Å². The largest absolute Gasteiger partial charge is 0.193 e. The summed E-state index contributed by atoms with van der Waals surface area (Å²) in [7, 11) is 0. The Morgan fingerprint density at radius 2 is 1.83 bits per heavy atom. The molecule has 0 radical (unpaired) electrons. The molecule has 23 heavy (non-hydrogen) atoms. The van der Waals surface area contributed by atoms with Gasteiger partial charge in [-0.05, 0) is 50.9 Å². The zero-order valence-corrected chi connectivity index (χ0v) is 16.5. The SMILES string of the molecule is C/C=C(/C)CC(C)(C)C/C=C(\C#N)CCCC(CC)CCCC. The zero-order chi connectivity index (χ0) is 17.7. The fraction of sp³-hybridized carbons (Fsp3) is 0.773. The summed E-state index contributed by atoms with van der Waals surface area (Å²) in [5.74, 6) is 0.851. The van der Waals surface area contributed by atoms with Gasteiger partial charge in [0.1, 0.15) is 0 Å². The minimum atomic E-state index is 0.242. The highest BCUT2D eigenvalue weighted by atomic mass is 14.3. The Balaban J connectivity index is 4.35. The van der Waals surface area contributed by atoms with Crippen LogP contribution in [-0.4, -0.2) is 0 Å². The Hall–Kier alpha value is -1.03. The molecule has 0 aromatic rings. The summed E-state index contributed by atoms with van der Waals surface area (Å²) >= 11 is 0. The maximum Gasteiger partial charge on any atom is 0.0943 e. The second kappa shape index (κ2) is 12.4. The minimum Gasteiger partial charge on any atom is -0.193 e. The topological polar surface area (TPSA) is 23.8 Å². The third-order valence-corrected chi connectivity index (χ3v) is 4.90. The van der Waals surface area contributed by atoms with E-state index in [1.165, 1.54) is 37.7 Å². The van der Waals surface area contributed by atoms with E-state index in [-0.39, 0.29) is 5.41 Å². The second-order valence-electron chi connectivity index (χ2n) is 7.83. The zero-order valence-electron chi connectivity index (χ0n) is 16.5. The van der Waals surface area contributed by atoms with Gasteiger partial charge >= 0.3 is 0 Å². The van der Waals surface area contributed by atoms with E-state index in [9.17, 15) is 5.26 Å². The van der Waals surface area contributed by atoms with Crippen LogP contribution in [0.25, 0.3) is 0 Å². The first-order chi connectivity index (χ1) is 10.9. The van der Waals surface area contributed by atoms with Crippen LogP contribution in [0.3, 0.4) is 0 Å². The summed E-state index contributed by atoms with van der Waals surface area (Å²) < 4.78 is 0. The number of unbranched alkanes of at least 4 members (excludes halogenated alkanes) is 1. The molecule has 0 saturated heterocycles.